The molecule has 94 valence electrons. The van der Waals surface area contributed by atoms with E-state index in [4.69, 9.17) is 4.74 Å². The molecule has 1 aromatic heterocycles. The van der Waals surface area contributed by atoms with Crippen molar-refractivity contribution in [2.24, 2.45) is 0 Å². The van der Waals surface area contributed by atoms with Crippen molar-refractivity contribution < 1.29 is 9.53 Å². The lowest BCUT2D eigenvalue weighted by Gasteiger charge is -2.09. The maximum Gasteiger partial charge on any atom is 0.339 e. The lowest BCUT2D eigenvalue weighted by atomic mass is 10.1. The highest BCUT2D eigenvalue weighted by atomic mass is 79.9. The van der Waals surface area contributed by atoms with E-state index in [0.717, 1.165) is 9.47 Å². The summed E-state index contributed by atoms with van der Waals surface area (Å²) in [7, 11) is 1.38. The minimum Gasteiger partial charge on any atom is -0.465 e. The smallest absolute Gasteiger partial charge is 0.339 e. The van der Waals surface area contributed by atoms with Gasteiger partial charge in [-0.1, -0.05) is 12.1 Å². The Bertz CT molecular complexity index is 553. The average molecular weight is 326 g/mol. The second-order valence-corrected chi connectivity index (χ2v) is 5.94. The first kappa shape index (κ1) is 13.1. The molecule has 18 heavy (non-hydrogen) atoms. The van der Waals surface area contributed by atoms with E-state index in [9.17, 15) is 4.79 Å². The van der Waals surface area contributed by atoms with Crippen molar-refractivity contribution in [2.45, 2.75) is 6.54 Å². The predicted octanol–water partition coefficient (Wildman–Crippen LogP) is 3.91. The van der Waals surface area contributed by atoms with Crippen LogP contribution in [0.5, 0.6) is 0 Å². The van der Waals surface area contributed by atoms with E-state index in [-0.39, 0.29) is 5.97 Å². The molecule has 0 spiro atoms. The van der Waals surface area contributed by atoms with E-state index in [0.29, 0.717) is 12.1 Å². The molecule has 0 bridgehead atoms. The molecule has 0 atom stereocenters. The maximum absolute atomic E-state index is 11.6. The molecule has 2 rings (SSSR count). The van der Waals surface area contributed by atoms with E-state index >= 15 is 0 Å². The van der Waals surface area contributed by atoms with Crippen molar-refractivity contribution in [1.29, 1.82) is 0 Å². The zero-order valence-corrected chi connectivity index (χ0v) is 12.2. The fraction of sp³-hybridized carbons (Fsp3) is 0.154. The van der Waals surface area contributed by atoms with E-state index in [1.165, 1.54) is 12.7 Å². The van der Waals surface area contributed by atoms with Crippen LogP contribution in [-0.2, 0) is 11.3 Å². The molecule has 0 aliphatic carbocycles. The minimum atomic E-state index is -0.329. The Labute approximate surface area is 118 Å². The third-order valence-corrected chi connectivity index (χ3v) is 3.99. The number of rotatable bonds is 4. The van der Waals surface area contributed by atoms with Crippen molar-refractivity contribution >= 4 is 38.9 Å². The summed E-state index contributed by atoms with van der Waals surface area (Å²) in [6.45, 7) is 0.677. The molecule has 5 heteroatoms. The normalized spacial score (nSPS) is 10.1. The lowest BCUT2D eigenvalue weighted by molar-refractivity contribution is 0.0602. The molecular formula is C13H12BrNO2S. The fourth-order valence-corrected chi connectivity index (χ4v) is 2.77. The summed E-state index contributed by atoms with van der Waals surface area (Å²) in [4.78, 5) is 11.6. The van der Waals surface area contributed by atoms with Gasteiger partial charge in [-0.05, 0) is 45.1 Å². The van der Waals surface area contributed by atoms with Gasteiger partial charge >= 0.3 is 5.97 Å². The molecule has 1 heterocycles. The molecule has 0 saturated heterocycles. The fourth-order valence-electron chi connectivity index (χ4n) is 1.56. The van der Waals surface area contributed by atoms with Crippen LogP contribution in [0, 0.1) is 0 Å². The third-order valence-electron chi connectivity index (χ3n) is 2.44. The number of methoxy groups -OCH3 is 1. The first-order valence-electron chi connectivity index (χ1n) is 5.35. The number of hydrogen-bond acceptors (Lipinski definition) is 4. The molecule has 1 N–H and O–H groups in total. The van der Waals surface area contributed by atoms with Crippen LogP contribution in [0.3, 0.4) is 0 Å². The number of halogens is 1. The first-order chi connectivity index (χ1) is 8.70. The van der Waals surface area contributed by atoms with Gasteiger partial charge in [-0.25, -0.2) is 4.79 Å². The van der Waals surface area contributed by atoms with Gasteiger partial charge in [-0.3, -0.25) is 0 Å². The Morgan fingerprint density at radius 1 is 1.44 bits per heavy atom. The Hall–Kier alpha value is -1.33. The number of hydrogen-bond donors (Lipinski definition) is 1. The van der Waals surface area contributed by atoms with Crippen molar-refractivity contribution in [3.05, 3.63) is 50.6 Å². The highest BCUT2D eigenvalue weighted by molar-refractivity contribution is 9.11. The quantitative estimate of drug-likeness (QED) is 0.866. The number of nitrogens with one attached hydrogen (secondary N) is 1. The van der Waals surface area contributed by atoms with Gasteiger partial charge in [0.05, 0.1) is 16.5 Å². The first-order valence-corrected chi connectivity index (χ1v) is 7.02. The van der Waals surface area contributed by atoms with Crippen molar-refractivity contribution in [3.63, 3.8) is 0 Å². The maximum atomic E-state index is 11.6. The van der Waals surface area contributed by atoms with E-state index in [2.05, 4.69) is 32.7 Å². The number of carbonyl (C=O) groups is 1. The minimum absolute atomic E-state index is 0.329. The summed E-state index contributed by atoms with van der Waals surface area (Å²) in [6.07, 6.45) is 0. The van der Waals surface area contributed by atoms with Gasteiger partial charge < -0.3 is 10.1 Å². The molecule has 0 aliphatic rings. The number of carbonyl (C=O) groups excluding carboxylic acids is 1. The Balaban J connectivity index is 2.11. The summed E-state index contributed by atoms with van der Waals surface area (Å²) in [5, 5.41) is 5.31. The highest BCUT2D eigenvalue weighted by Crippen LogP contribution is 2.22. The Morgan fingerprint density at radius 2 is 2.22 bits per heavy atom. The van der Waals surface area contributed by atoms with Crippen LogP contribution in [0.2, 0.25) is 0 Å². The van der Waals surface area contributed by atoms with Crippen LogP contribution < -0.4 is 5.32 Å². The van der Waals surface area contributed by atoms with Gasteiger partial charge in [0.1, 0.15) is 0 Å². The SMILES string of the molecule is COC(=O)c1ccccc1NCc1csc(Br)c1. The zero-order valence-electron chi connectivity index (χ0n) is 9.77. The van der Waals surface area contributed by atoms with Gasteiger partial charge in [0.25, 0.3) is 0 Å². The van der Waals surface area contributed by atoms with Gasteiger partial charge in [0.2, 0.25) is 0 Å². The van der Waals surface area contributed by atoms with Crippen molar-refractivity contribution in [1.82, 2.24) is 0 Å². The molecule has 0 aliphatic heterocycles. The number of thiophene rings is 1. The largest absolute Gasteiger partial charge is 0.465 e. The Morgan fingerprint density at radius 3 is 2.89 bits per heavy atom. The lowest BCUT2D eigenvalue weighted by Crippen LogP contribution is -2.07. The Kier molecular flexibility index (Phi) is 4.38. The van der Waals surface area contributed by atoms with E-state index < -0.39 is 0 Å². The summed E-state index contributed by atoms with van der Waals surface area (Å²) in [5.41, 5.74) is 2.51. The molecule has 1 aromatic carbocycles. The summed E-state index contributed by atoms with van der Waals surface area (Å²) in [6, 6.07) is 9.38. The molecular weight excluding hydrogens is 314 g/mol. The molecule has 0 radical (unpaired) electrons. The third kappa shape index (κ3) is 3.11. The monoisotopic (exact) mass is 325 g/mol. The second kappa shape index (κ2) is 6.02. The van der Waals surface area contributed by atoms with Crippen LogP contribution in [0.25, 0.3) is 0 Å². The van der Waals surface area contributed by atoms with Gasteiger partial charge in [-0.15, -0.1) is 11.3 Å². The number of anilines is 1. The zero-order chi connectivity index (χ0) is 13.0. The van der Waals surface area contributed by atoms with Crippen LogP contribution >= 0.6 is 27.3 Å². The van der Waals surface area contributed by atoms with Gasteiger partial charge in [0.15, 0.2) is 0 Å². The standard InChI is InChI=1S/C13H12BrNO2S/c1-17-13(16)10-4-2-3-5-11(10)15-7-9-6-12(14)18-8-9/h2-6,8,15H,7H2,1H3. The topological polar surface area (TPSA) is 38.3 Å². The van der Waals surface area contributed by atoms with Crippen LogP contribution in [0.15, 0.2) is 39.5 Å². The number of ether oxygens (including phenoxy) is 1. The van der Waals surface area contributed by atoms with Crippen molar-refractivity contribution in [3.8, 4) is 0 Å². The van der Waals surface area contributed by atoms with E-state index in [1.54, 1.807) is 17.4 Å². The van der Waals surface area contributed by atoms with Crippen LogP contribution in [-0.4, -0.2) is 13.1 Å². The molecule has 3 nitrogen and oxygen atoms in total. The van der Waals surface area contributed by atoms with Crippen LogP contribution in [0.4, 0.5) is 5.69 Å². The van der Waals surface area contributed by atoms with Crippen molar-refractivity contribution in [2.75, 3.05) is 12.4 Å². The van der Waals surface area contributed by atoms with E-state index in [1.807, 2.05) is 18.2 Å². The molecule has 0 saturated carbocycles. The van der Waals surface area contributed by atoms with Gasteiger partial charge in [0, 0.05) is 12.2 Å². The average Bonchev–Trinajstić information content (AvgIpc) is 2.81. The number of esters is 1. The molecule has 0 fully saturated rings. The summed E-state index contributed by atoms with van der Waals surface area (Å²) < 4.78 is 5.85. The second-order valence-electron chi connectivity index (χ2n) is 3.65. The number of para-hydroxylation sites is 1. The molecule has 0 amide bonds. The molecule has 2 aromatic rings. The number of benzene rings is 1. The van der Waals surface area contributed by atoms with Crippen LogP contribution in [0.1, 0.15) is 15.9 Å². The summed E-state index contributed by atoms with van der Waals surface area (Å²) >= 11 is 5.06. The predicted molar refractivity (Wildman–Crippen MR) is 77.1 cm³/mol. The highest BCUT2D eigenvalue weighted by Gasteiger charge is 2.10. The van der Waals surface area contributed by atoms with Gasteiger partial charge in [-0.2, -0.15) is 0 Å². The summed E-state index contributed by atoms with van der Waals surface area (Å²) in [5.74, 6) is -0.329. The molecule has 0 unspecified atom stereocenters.